The molecule has 6 nitrogen and oxygen atoms in total. The fourth-order valence-corrected chi connectivity index (χ4v) is 3.49. The van der Waals surface area contributed by atoms with Crippen LogP contribution in [0.3, 0.4) is 0 Å². The summed E-state index contributed by atoms with van der Waals surface area (Å²) < 4.78 is 5.45. The number of furan rings is 1. The number of amides is 3. The molecule has 0 atom stereocenters. The van der Waals surface area contributed by atoms with Gasteiger partial charge in [-0.25, -0.2) is 4.79 Å². The summed E-state index contributed by atoms with van der Waals surface area (Å²) in [5.41, 5.74) is 1.39. The Morgan fingerprint density at radius 1 is 1.08 bits per heavy atom. The number of hydrogen-bond donors (Lipinski definition) is 1. The van der Waals surface area contributed by atoms with E-state index in [1.807, 2.05) is 37.4 Å². The van der Waals surface area contributed by atoms with Crippen LogP contribution in [0.4, 0.5) is 10.5 Å². The Kier molecular flexibility index (Phi) is 5.56. The topological polar surface area (TPSA) is 65.8 Å². The van der Waals surface area contributed by atoms with Crippen LogP contribution in [0.2, 0.25) is 0 Å². The normalized spacial score (nSPS) is 14.4. The van der Waals surface area contributed by atoms with Gasteiger partial charge in [-0.1, -0.05) is 6.07 Å². The lowest BCUT2D eigenvalue weighted by molar-refractivity contribution is 0.0670. The van der Waals surface area contributed by atoms with Gasteiger partial charge in [0.1, 0.15) is 11.5 Å². The molecule has 2 aromatic rings. The Morgan fingerprint density at radius 2 is 1.77 bits per heavy atom. The molecule has 1 N–H and O–H groups in total. The van der Waals surface area contributed by atoms with Crippen LogP contribution in [-0.2, 0) is 0 Å². The van der Waals surface area contributed by atoms with Gasteiger partial charge in [-0.2, -0.15) is 0 Å². The van der Waals surface area contributed by atoms with Crippen molar-refractivity contribution < 1.29 is 14.0 Å². The summed E-state index contributed by atoms with van der Waals surface area (Å²) in [4.78, 5) is 29.7. The quantitative estimate of drug-likeness (QED) is 0.835. The average molecular weight is 373 g/mol. The van der Waals surface area contributed by atoms with E-state index in [1.165, 1.54) is 0 Å². The molecule has 0 saturated carbocycles. The second kappa shape index (κ2) is 7.86. The number of thioether (sulfide) groups is 1. The number of hydrogen-bond acceptors (Lipinski definition) is 4. The van der Waals surface area contributed by atoms with E-state index in [-0.39, 0.29) is 11.9 Å². The molecule has 1 aliphatic rings. The van der Waals surface area contributed by atoms with Crippen molar-refractivity contribution in [1.29, 1.82) is 0 Å². The number of rotatable bonds is 3. The van der Waals surface area contributed by atoms with Crippen molar-refractivity contribution in [2.45, 2.75) is 18.7 Å². The first-order chi connectivity index (χ1) is 12.5. The largest absolute Gasteiger partial charge is 0.466 e. The molecule has 1 aromatic heterocycles. The first kappa shape index (κ1) is 18.4. The SMILES string of the molecule is CSc1cccc(NC(=O)N2CCN(C(=O)c3cc(C)oc3C)CC2)c1. The number of benzene rings is 1. The van der Waals surface area contributed by atoms with E-state index in [0.717, 1.165) is 16.3 Å². The van der Waals surface area contributed by atoms with Crippen LogP contribution in [0, 0.1) is 13.8 Å². The van der Waals surface area contributed by atoms with Gasteiger partial charge in [-0.15, -0.1) is 11.8 Å². The highest BCUT2D eigenvalue weighted by molar-refractivity contribution is 7.98. The Morgan fingerprint density at radius 3 is 2.38 bits per heavy atom. The minimum Gasteiger partial charge on any atom is -0.466 e. The summed E-state index contributed by atoms with van der Waals surface area (Å²) in [6.07, 6.45) is 2.00. The predicted octanol–water partition coefficient (Wildman–Crippen LogP) is 3.61. The van der Waals surface area contributed by atoms with Crippen LogP contribution in [0.25, 0.3) is 0 Å². The molecule has 0 spiro atoms. The highest BCUT2D eigenvalue weighted by atomic mass is 32.2. The molecule has 0 aliphatic carbocycles. The van der Waals surface area contributed by atoms with Gasteiger partial charge in [0, 0.05) is 36.8 Å². The van der Waals surface area contributed by atoms with E-state index in [9.17, 15) is 9.59 Å². The van der Waals surface area contributed by atoms with E-state index >= 15 is 0 Å². The zero-order valence-corrected chi connectivity index (χ0v) is 16.1. The van der Waals surface area contributed by atoms with Gasteiger partial charge in [0.15, 0.2) is 0 Å². The third-order valence-corrected chi connectivity index (χ3v) is 5.17. The van der Waals surface area contributed by atoms with E-state index in [0.29, 0.717) is 37.5 Å². The third kappa shape index (κ3) is 4.04. The molecule has 0 bridgehead atoms. The van der Waals surface area contributed by atoms with Crippen molar-refractivity contribution in [2.24, 2.45) is 0 Å². The van der Waals surface area contributed by atoms with E-state index < -0.39 is 0 Å². The fourth-order valence-electron chi connectivity index (χ4n) is 3.03. The minimum absolute atomic E-state index is 0.0351. The predicted molar refractivity (Wildman–Crippen MR) is 103 cm³/mol. The summed E-state index contributed by atoms with van der Waals surface area (Å²) in [7, 11) is 0. The average Bonchev–Trinajstić information content (AvgIpc) is 2.99. The van der Waals surface area contributed by atoms with Crippen LogP contribution in [-0.4, -0.2) is 54.2 Å². The fraction of sp³-hybridized carbons (Fsp3) is 0.368. The summed E-state index contributed by atoms with van der Waals surface area (Å²) in [6, 6.07) is 9.39. The molecule has 26 heavy (non-hydrogen) atoms. The Balaban J connectivity index is 1.56. The molecular weight excluding hydrogens is 350 g/mol. The Bertz CT molecular complexity index is 810. The lowest BCUT2D eigenvalue weighted by atomic mass is 10.2. The maximum Gasteiger partial charge on any atom is 0.321 e. The molecule has 3 amide bonds. The van der Waals surface area contributed by atoms with Crippen LogP contribution >= 0.6 is 11.8 Å². The zero-order chi connectivity index (χ0) is 18.7. The van der Waals surface area contributed by atoms with Gasteiger partial charge in [-0.3, -0.25) is 4.79 Å². The minimum atomic E-state index is -0.134. The van der Waals surface area contributed by atoms with Crippen molar-refractivity contribution in [3.05, 3.63) is 47.4 Å². The molecule has 1 saturated heterocycles. The first-order valence-corrected chi connectivity index (χ1v) is 9.76. The summed E-state index contributed by atoms with van der Waals surface area (Å²) in [5.74, 6) is 1.34. The molecule has 0 unspecified atom stereocenters. The smallest absolute Gasteiger partial charge is 0.321 e. The number of carbonyl (C=O) groups excluding carboxylic acids is 2. The first-order valence-electron chi connectivity index (χ1n) is 8.54. The van der Waals surface area contributed by atoms with Gasteiger partial charge in [-0.05, 0) is 44.4 Å². The zero-order valence-electron chi connectivity index (χ0n) is 15.2. The molecule has 1 aliphatic heterocycles. The number of carbonyl (C=O) groups is 2. The third-order valence-electron chi connectivity index (χ3n) is 4.45. The van der Waals surface area contributed by atoms with Crippen LogP contribution in [0.15, 0.2) is 39.6 Å². The number of urea groups is 1. The molecule has 3 rings (SSSR count). The number of piperazine rings is 1. The van der Waals surface area contributed by atoms with Crippen molar-refractivity contribution >= 4 is 29.4 Å². The standard InChI is InChI=1S/C19H23N3O3S/c1-13-11-17(14(2)25-13)18(23)21-7-9-22(10-8-21)19(24)20-15-5-4-6-16(12-15)26-3/h4-6,11-12H,7-10H2,1-3H3,(H,20,24). The van der Waals surface area contributed by atoms with Crippen LogP contribution in [0.5, 0.6) is 0 Å². The van der Waals surface area contributed by atoms with Gasteiger partial charge < -0.3 is 19.5 Å². The molecule has 138 valence electrons. The summed E-state index contributed by atoms with van der Waals surface area (Å²) in [6.45, 7) is 5.68. The van der Waals surface area contributed by atoms with Crippen molar-refractivity contribution in [3.8, 4) is 0 Å². The molecule has 1 aromatic carbocycles. The van der Waals surface area contributed by atoms with E-state index in [2.05, 4.69) is 5.32 Å². The second-order valence-electron chi connectivity index (χ2n) is 6.27. The molecule has 1 fully saturated rings. The van der Waals surface area contributed by atoms with Crippen molar-refractivity contribution in [3.63, 3.8) is 0 Å². The van der Waals surface area contributed by atoms with Gasteiger partial charge >= 0.3 is 6.03 Å². The maximum atomic E-state index is 12.6. The van der Waals surface area contributed by atoms with Crippen molar-refractivity contribution in [1.82, 2.24) is 9.80 Å². The number of nitrogens with zero attached hydrogens (tertiary/aromatic N) is 2. The van der Waals surface area contributed by atoms with E-state index in [1.54, 1.807) is 34.6 Å². The Hall–Kier alpha value is -2.41. The van der Waals surface area contributed by atoms with Gasteiger partial charge in [0.25, 0.3) is 5.91 Å². The van der Waals surface area contributed by atoms with Crippen LogP contribution < -0.4 is 5.32 Å². The highest BCUT2D eigenvalue weighted by Crippen LogP contribution is 2.20. The highest BCUT2D eigenvalue weighted by Gasteiger charge is 2.26. The second-order valence-corrected chi connectivity index (χ2v) is 7.15. The van der Waals surface area contributed by atoms with E-state index in [4.69, 9.17) is 4.42 Å². The number of anilines is 1. The number of nitrogens with one attached hydrogen (secondary N) is 1. The molecule has 2 heterocycles. The molecular formula is C19H23N3O3S. The maximum absolute atomic E-state index is 12.6. The summed E-state index contributed by atoms with van der Waals surface area (Å²) >= 11 is 1.63. The lowest BCUT2D eigenvalue weighted by Gasteiger charge is -2.34. The molecule has 0 radical (unpaired) electrons. The van der Waals surface area contributed by atoms with Gasteiger partial charge in [0.05, 0.1) is 5.56 Å². The Labute approximate surface area is 157 Å². The van der Waals surface area contributed by atoms with Crippen LogP contribution in [0.1, 0.15) is 21.9 Å². The number of aryl methyl sites for hydroxylation is 2. The monoisotopic (exact) mass is 373 g/mol. The van der Waals surface area contributed by atoms with Crippen molar-refractivity contribution in [2.75, 3.05) is 37.8 Å². The summed E-state index contributed by atoms with van der Waals surface area (Å²) in [5, 5.41) is 2.93. The lowest BCUT2D eigenvalue weighted by Crippen LogP contribution is -2.51. The van der Waals surface area contributed by atoms with Gasteiger partial charge in [0.2, 0.25) is 0 Å². The molecule has 7 heteroatoms.